The number of aromatic nitrogens is 2. The van der Waals surface area contributed by atoms with Crippen molar-refractivity contribution in [1.29, 1.82) is 0 Å². The number of halogens is 1. The van der Waals surface area contributed by atoms with Crippen LogP contribution in [-0.2, 0) is 0 Å². The number of hydrogen-bond donors (Lipinski definition) is 0. The number of rotatable bonds is 2. The molecule has 0 unspecified atom stereocenters. The first-order valence-electron chi connectivity index (χ1n) is 4.32. The molecular formula is C11H7ClN2O. The lowest BCUT2D eigenvalue weighted by atomic mass is 10.1. The standard InChI is InChI=1S/C11H7ClN2O/c12-11-6-14-9(7-15)5-10(11)8-1-3-13-4-2-8/h1-7H. The predicted molar refractivity (Wildman–Crippen MR) is 57.9 cm³/mol. The van der Waals surface area contributed by atoms with Crippen molar-refractivity contribution in [3.8, 4) is 11.1 Å². The van der Waals surface area contributed by atoms with Crippen LogP contribution in [0, 0.1) is 0 Å². The van der Waals surface area contributed by atoms with E-state index >= 15 is 0 Å². The van der Waals surface area contributed by atoms with Gasteiger partial charge in [-0.1, -0.05) is 11.6 Å². The van der Waals surface area contributed by atoms with E-state index in [1.165, 1.54) is 6.20 Å². The normalized spacial score (nSPS) is 9.93. The molecule has 2 heterocycles. The second-order valence-electron chi connectivity index (χ2n) is 2.94. The Morgan fingerprint density at radius 1 is 1.27 bits per heavy atom. The van der Waals surface area contributed by atoms with E-state index in [-0.39, 0.29) is 0 Å². The van der Waals surface area contributed by atoms with Gasteiger partial charge in [0.15, 0.2) is 6.29 Å². The Hall–Kier alpha value is -1.74. The molecule has 0 bridgehead atoms. The summed E-state index contributed by atoms with van der Waals surface area (Å²) in [5.41, 5.74) is 2.07. The van der Waals surface area contributed by atoms with Gasteiger partial charge in [-0.05, 0) is 23.8 Å². The number of aldehydes is 1. The van der Waals surface area contributed by atoms with Crippen LogP contribution in [0.3, 0.4) is 0 Å². The fourth-order valence-electron chi connectivity index (χ4n) is 1.27. The molecule has 15 heavy (non-hydrogen) atoms. The van der Waals surface area contributed by atoms with Crippen molar-refractivity contribution in [2.75, 3.05) is 0 Å². The highest BCUT2D eigenvalue weighted by Gasteiger charge is 2.04. The van der Waals surface area contributed by atoms with Crippen molar-refractivity contribution >= 4 is 17.9 Å². The van der Waals surface area contributed by atoms with Gasteiger partial charge in [0, 0.05) is 24.2 Å². The Kier molecular flexibility index (Phi) is 2.74. The van der Waals surface area contributed by atoms with E-state index in [2.05, 4.69) is 9.97 Å². The molecule has 0 aromatic carbocycles. The highest BCUT2D eigenvalue weighted by molar-refractivity contribution is 6.33. The van der Waals surface area contributed by atoms with Crippen LogP contribution in [0.4, 0.5) is 0 Å². The van der Waals surface area contributed by atoms with Crippen LogP contribution in [0.1, 0.15) is 10.5 Å². The van der Waals surface area contributed by atoms with Crippen LogP contribution in [0.5, 0.6) is 0 Å². The molecule has 0 fully saturated rings. The third-order valence-electron chi connectivity index (χ3n) is 1.99. The molecule has 0 aliphatic heterocycles. The average molecular weight is 219 g/mol. The minimum Gasteiger partial charge on any atom is -0.296 e. The smallest absolute Gasteiger partial charge is 0.168 e. The molecule has 0 atom stereocenters. The molecule has 3 nitrogen and oxygen atoms in total. The highest BCUT2D eigenvalue weighted by Crippen LogP contribution is 2.26. The second-order valence-corrected chi connectivity index (χ2v) is 3.35. The third-order valence-corrected chi connectivity index (χ3v) is 2.29. The second kappa shape index (κ2) is 4.19. The first kappa shape index (κ1) is 9.80. The zero-order chi connectivity index (χ0) is 10.7. The van der Waals surface area contributed by atoms with Crippen molar-refractivity contribution in [3.63, 3.8) is 0 Å². The third kappa shape index (κ3) is 2.02. The van der Waals surface area contributed by atoms with Crippen LogP contribution in [0.25, 0.3) is 11.1 Å². The van der Waals surface area contributed by atoms with E-state index in [1.54, 1.807) is 18.5 Å². The molecule has 0 spiro atoms. The van der Waals surface area contributed by atoms with Gasteiger partial charge in [0.05, 0.1) is 5.02 Å². The lowest BCUT2D eigenvalue weighted by Crippen LogP contribution is -1.89. The van der Waals surface area contributed by atoms with Crippen LogP contribution in [0.15, 0.2) is 36.8 Å². The van der Waals surface area contributed by atoms with Gasteiger partial charge in [0.2, 0.25) is 0 Å². The molecule has 4 heteroatoms. The number of carbonyl (C=O) groups excluding carboxylic acids is 1. The van der Waals surface area contributed by atoms with Gasteiger partial charge in [-0.15, -0.1) is 0 Å². The summed E-state index contributed by atoms with van der Waals surface area (Å²) in [5, 5.41) is 0.520. The Morgan fingerprint density at radius 3 is 2.67 bits per heavy atom. The van der Waals surface area contributed by atoms with Crippen molar-refractivity contribution in [3.05, 3.63) is 47.5 Å². The lowest BCUT2D eigenvalue weighted by Gasteiger charge is -2.03. The summed E-state index contributed by atoms with van der Waals surface area (Å²) in [6, 6.07) is 5.32. The number of pyridine rings is 2. The molecule has 0 amide bonds. The summed E-state index contributed by atoms with van der Waals surface area (Å²) in [7, 11) is 0. The van der Waals surface area contributed by atoms with Gasteiger partial charge < -0.3 is 0 Å². The molecule has 2 aromatic heterocycles. The zero-order valence-corrected chi connectivity index (χ0v) is 8.48. The van der Waals surface area contributed by atoms with Crippen LogP contribution >= 0.6 is 11.6 Å². The summed E-state index contributed by atoms with van der Waals surface area (Å²) >= 11 is 5.99. The maximum Gasteiger partial charge on any atom is 0.168 e. The van der Waals surface area contributed by atoms with Gasteiger partial charge in [-0.2, -0.15) is 0 Å². The van der Waals surface area contributed by atoms with Gasteiger partial charge >= 0.3 is 0 Å². The number of nitrogens with zero attached hydrogens (tertiary/aromatic N) is 2. The van der Waals surface area contributed by atoms with E-state index in [0.717, 1.165) is 11.1 Å². The highest BCUT2D eigenvalue weighted by atomic mass is 35.5. The van der Waals surface area contributed by atoms with Gasteiger partial charge in [0.25, 0.3) is 0 Å². The molecule has 0 aliphatic rings. The predicted octanol–water partition coefficient (Wildman–Crippen LogP) is 2.61. The molecular weight excluding hydrogens is 212 g/mol. The maximum absolute atomic E-state index is 10.6. The van der Waals surface area contributed by atoms with Crippen LogP contribution < -0.4 is 0 Å². The minimum atomic E-state index is 0.367. The van der Waals surface area contributed by atoms with E-state index in [1.807, 2.05) is 12.1 Å². The molecule has 0 radical (unpaired) electrons. The summed E-state index contributed by atoms with van der Waals surface area (Å²) in [6.07, 6.45) is 5.52. The molecule has 2 rings (SSSR count). The van der Waals surface area contributed by atoms with Crippen molar-refractivity contribution < 1.29 is 4.79 Å². The largest absolute Gasteiger partial charge is 0.296 e. The number of hydrogen-bond acceptors (Lipinski definition) is 3. The van der Waals surface area contributed by atoms with Gasteiger partial charge in [0.1, 0.15) is 5.69 Å². The SMILES string of the molecule is O=Cc1cc(-c2ccncc2)c(Cl)cn1. The molecule has 2 aromatic rings. The van der Waals surface area contributed by atoms with Crippen LogP contribution in [0.2, 0.25) is 5.02 Å². The fourth-order valence-corrected chi connectivity index (χ4v) is 1.48. The Morgan fingerprint density at radius 2 is 2.00 bits per heavy atom. The topological polar surface area (TPSA) is 42.9 Å². The van der Waals surface area contributed by atoms with Gasteiger partial charge in [-0.25, -0.2) is 0 Å². The molecule has 0 saturated heterocycles. The zero-order valence-electron chi connectivity index (χ0n) is 7.72. The Balaban J connectivity index is 2.57. The first-order chi connectivity index (χ1) is 7.31. The summed E-state index contributed by atoms with van der Waals surface area (Å²) < 4.78 is 0. The molecule has 0 saturated carbocycles. The molecule has 74 valence electrons. The van der Waals surface area contributed by atoms with Gasteiger partial charge in [-0.3, -0.25) is 14.8 Å². The van der Waals surface area contributed by atoms with Crippen molar-refractivity contribution in [1.82, 2.24) is 9.97 Å². The fraction of sp³-hybridized carbons (Fsp3) is 0. The quantitative estimate of drug-likeness (QED) is 0.728. The lowest BCUT2D eigenvalue weighted by molar-refractivity contribution is 0.111. The monoisotopic (exact) mass is 218 g/mol. The Labute approximate surface area is 91.8 Å². The minimum absolute atomic E-state index is 0.367. The average Bonchev–Trinajstić information content (AvgIpc) is 2.31. The van der Waals surface area contributed by atoms with E-state index < -0.39 is 0 Å². The summed E-state index contributed by atoms with van der Waals surface area (Å²) in [6.45, 7) is 0. The van der Waals surface area contributed by atoms with E-state index in [4.69, 9.17) is 11.6 Å². The summed E-state index contributed by atoms with van der Waals surface area (Å²) in [4.78, 5) is 18.4. The first-order valence-corrected chi connectivity index (χ1v) is 4.70. The molecule has 0 aliphatic carbocycles. The number of carbonyl (C=O) groups is 1. The van der Waals surface area contributed by atoms with Crippen LogP contribution in [-0.4, -0.2) is 16.3 Å². The maximum atomic E-state index is 10.6. The van der Waals surface area contributed by atoms with E-state index in [0.29, 0.717) is 17.0 Å². The molecule has 0 N–H and O–H groups in total. The Bertz CT molecular complexity index is 485. The van der Waals surface area contributed by atoms with E-state index in [9.17, 15) is 4.79 Å². The summed E-state index contributed by atoms with van der Waals surface area (Å²) in [5.74, 6) is 0. The van der Waals surface area contributed by atoms with Crippen molar-refractivity contribution in [2.45, 2.75) is 0 Å². The van der Waals surface area contributed by atoms with Crippen molar-refractivity contribution in [2.24, 2.45) is 0 Å².